The average Bonchev–Trinajstić information content (AvgIpc) is 2.66. The normalized spacial score (nSPS) is 13.3. The van der Waals surface area contributed by atoms with Gasteiger partial charge in [0.1, 0.15) is 5.82 Å². The Morgan fingerprint density at radius 1 is 1.53 bits per heavy atom. The fraction of sp³-hybridized carbons (Fsp3) is 0.400. The number of aryl methyl sites for hydroxylation is 1. The molecular formula is C10H12N2O3. The summed E-state index contributed by atoms with van der Waals surface area (Å²) in [6.45, 7) is 1.40. The van der Waals surface area contributed by atoms with E-state index in [4.69, 9.17) is 5.11 Å². The smallest absolute Gasteiger partial charge is 0.303 e. The summed E-state index contributed by atoms with van der Waals surface area (Å²) in [5, 5.41) is 11.7. The van der Waals surface area contributed by atoms with E-state index in [0.717, 1.165) is 17.9 Å². The first-order valence-electron chi connectivity index (χ1n) is 4.87. The van der Waals surface area contributed by atoms with Crippen molar-refractivity contribution in [3.63, 3.8) is 0 Å². The van der Waals surface area contributed by atoms with E-state index in [1.54, 1.807) is 10.6 Å². The molecule has 0 spiro atoms. The van der Waals surface area contributed by atoms with Crippen molar-refractivity contribution in [3.05, 3.63) is 28.0 Å². The van der Waals surface area contributed by atoms with Gasteiger partial charge in [-0.3, -0.25) is 14.2 Å². The zero-order valence-corrected chi connectivity index (χ0v) is 8.19. The van der Waals surface area contributed by atoms with Crippen LogP contribution in [0.4, 0.5) is 5.82 Å². The number of hydrogen-bond acceptors (Lipinski definition) is 3. The van der Waals surface area contributed by atoms with Crippen molar-refractivity contribution in [3.8, 4) is 0 Å². The topological polar surface area (TPSA) is 71.3 Å². The van der Waals surface area contributed by atoms with Crippen LogP contribution in [0, 0.1) is 0 Å². The third kappa shape index (κ3) is 1.86. The van der Waals surface area contributed by atoms with E-state index in [2.05, 4.69) is 5.32 Å². The van der Waals surface area contributed by atoms with Crippen molar-refractivity contribution in [2.24, 2.45) is 0 Å². The number of anilines is 1. The first kappa shape index (κ1) is 9.76. The summed E-state index contributed by atoms with van der Waals surface area (Å²) in [4.78, 5) is 21.9. The van der Waals surface area contributed by atoms with Gasteiger partial charge in [0.2, 0.25) is 0 Å². The van der Waals surface area contributed by atoms with Gasteiger partial charge in [0.05, 0.1) is 0 Å². The highest BCUT2D eigenvalue weighted by Crippen LogP contribution is 2.18. The molecule has 0 saturated heterocycles. The zero-order valence-electron chi connectivity index (χ0n) is 8.19. The van der Waals surface area contributed by atoms with Gasteiger partial charge in [0, 0.05) is 25.6 Å². The maximum absolute atomic E-state index is 11.4. The van der Waals surface area contributed by atoms with Gasteiger partial charge in [-0.25, -0.2) is 0 Å². The van der Waals surface area contributed by atoms with Crippen LogP contribution in [0.1, 0.15) is 12.0 Å². The Hall–Kier alpha value is -1.78. The number of aliphatic carboxylic acids is 1. The summed E-state index contributed by atoms with van der Waals surface area (Å²) < 4.78 is 1.65. The lowest BCUT2D eigenvalue weighted by Crippen LogP contribution is -2.17. The third-order valence-corrected chi connectivity index (χ3v) is 2.50. The Bertz CT molecular complexity index is 450. The van der Waals surface area contributed by atoms with E-state index in [1.807, 2.05) is 0 Å². The number of nitrogens with zero attached hydrogens (tertiary/aromatic N) is 1. The molecule has 1 aliphatic rings. The van der Waals surface area contributed by atoms with Gasteiger partial charge in [-0.05, 0) is 18.1 Å². The van der Waals surface area contributed by atoms with Crippen LogP contribution in [-0.2, 0) is 17.8 Å². The van der Waals surface area contributed by atoms with E-state index in [9.17, 15) is 9.59 Å². The molecule has 2 N–H and O–H groups in total. The molecule has 0 unspecified atom stereocenters. The largest absolute Gasteiger partial charge is 0.481 e. The molecule has 5 nitrogen and oxygen atoms in total. The molecule has 0 atom stereocenters. The summed E-state index contributed by atoms with van der Waals surface area (Å²) in [7, 11) is 0. The molecule has 1 aliphatic heterocycles. The van der Waals surface area contributed by atoms with Crippen LogP contribution >= 0.6 is 0 Å². The average molecular weight is 208 g/mol. The second-order valence-corrected chi connectivity index (χ2v) is 3.52. The molecule has 0 amide bonds. The molecule has 80 valence electrons. The van der Waals surface area contributed by atoms with Crippen molar-refractivity contribution in [2.75, 3.05) is 11.9 Å². The highest BCUT2D eigenvalue weighted by molar-refractivity contribution is 5.67. The number of aromatic nitrogens is 1. The lowest BCUT2D eigenvalue weighted by atomic mass is 10.1. The van der Waals surface area contributed by atoms with Gasteiger partial charge in [-0.2, -0.15) is 0 Å². The van der Waals surface area contributed by atoms with Gasteiger partial charge in [-0.15, -0.1) is 0 Å². The van der Waals surface area contributed by atoms with Crippen molar-refractivity contribution < 1.29 is 9.90 Å². The molecule has 2 rings (SSSR count). The second kappa shape index (κ2) is 3.76. The third-order valence-electron chi connectivity index (χ3n) is 2.50. The molecule has 1 aromatic heterocycles. The van der Waals surface area contributed by atoms with E-state index in [-0.39, 0.29) is 12.0 Å². The summed E-state index contributed by atoms with van der Waals surface area (Å²) in [5.74, 6) is -0.0401. The maximum atomic E-state index is 11.4. The summed E-state index contributed by atoms with van der Waals surface area (Å²) >= 11 is 0. The highest BCUT2D eigenvalue weighted by Gasteiger charge is 2.15. The zero-order chi connectivity index (χ0) is 10.8. The number of carboxylic acids is 1. The number of carboxylic acid groups (broad SMARTS) is 1. The van der Waals surface area contributed by atoms with Crippen molar-refractivity contribution >= 4 is 11.8 Å². The van der Waals surface area contributed by atoms with Crippen LogP contribution < -0.4 is 10.9 Å². The number of rotatable bonds is 3. The van der Waals surface area contributed by atoms with E-state index in [1.165, 1.54) is 6.07 Å². The van der Waals surface area contributed by atoms with Gasteiger partial charge in [-0.1, -0.05) is 0 Å². The molecule has 0 bridgehead atoms. The van der Waals surface area contributed by atoms with Crippen LogP contribution in [0.5, 0.6) is 0 Å². The Labute approximate surface area is 86.3 Å². The SMILES string of the molecule is O=C(O)CCc1ccc(=O)n2c1NCC2. The minimum atomic E-state index is -0.821. The Morgan fingerprint density at radius 2 is 2.33 bits per heavy atom. The van der Waals surface area contributed by atoms with Crippen molar-refractivity contribution in [1.82, 2.24) is 4.57 Å². The summed E-state index contributed by atoms with van der Waals surface area (Å²) in [6.07, 6.45) is 0.546. The van der Waals surface area contributed by atoms with Crippen LogP contribution in [0.3, 0.4) is 0 Å². The lowest BCUT2D eigenvalue weighted by molar-refractivity contribution is -0.136. The summed E-state index contributed by atoms with van der Waals surface area (Å²) in [6, 6.07) is 3.20. The molecular weight excluding hydrogens is 196 g/mol. The standard InChI is InChI=1S/C10H12N2O3/c13-8-3-1-7(2-4-9(14)15)10-11-5-6-12(8)10/h1,3,11H,2,4-6H2,(H,14,15). The van der Waals surface area contributed by atoms with Gasteiger partial charge >= 0.3 is 5.97 Å². The Balaban J connectivity index is 2.29. The molecule has 0 aliphatic carbocycles. The van der Waals surface area contributed by atoms with Crippen LogP contribution in [0.25, 0.3) is 0 Å². The molecule has 1 aromatic rings. The first-order valence-corrected chi connectivity index (χ1v) is 4.87. The van der Waals surface area contributed by atoms with Crippen LogP contribution in [-0.4, -0.2) is 22.2 Å². The highest BCUT2D eigenvalue weighted by atomic mass is 16.4. The predicted octanol–water partition coefficient (Wildman–Crippen LogP) is 0.291. The predicted molar refractivity (Wildman–Crippen MR) is 55.1 cm³/mol. The van der Waals surface area contributed by atoms with Gasteiger partial charge in [0.25, 0.3) is 5.56 Å². The first-order chi connectivity index (χ1) is 7.18. The molecule has 5 heteroatoms. The maximum Gasteiger partial charge on any atom is 0.303 e. The quantitative estimate of drug-likeness (QED) is 0.749. The summed E-state index contributed by atoms with van der Waals surface area (Å²) in [5.41, 5.74) is 0.864. The fourth-order valence-corrected chi connectivity index (χ4v) is 1.78. The number of pyridine rings is 1. The Morgan fingerprint density at radius 3 is 3.07 bits per heavy atom. The molecule has 0 aromatic carbocycles. The number of hydrogen-bond donors (Lipinski definition) is 2. The van der Waals surface area contributed by atoms with Crippen molar-refractivity contribution in [2.45, 2.75) is 19.4 Å². The second-order valence-electron chi connectivity index (χ2n) is 3.52. The fourth-order valence-electron chi connectivity index (χ4n) is 1.78. The minimum absolute atomic E-state index is 0.0333. The van der Waals surface area contributed by atoms with E-state index in [0.29, 0.717) is 13.0 Å². The van der Waals surface area contributed by atoms with Crippen LogP contribution in [0.15, 0.2) is 16.9 Å². The van der Waals surface area contributed by atoms with E-state index < -0.39 is 5.97 Å². The lowest BCUT2D eigenvalue weighted by Gasteiger charge is -2.07. The molecule has 0 saturated carbocycles. The van der Waals surface area contributed by atoms with Gasteiger partial charge in [0.15, 0.2) is 0 Å². The number of carbonyl (C=O) groups is 1. The Kier molecular flexibility index (Phi) is 2.45. The minimum Gasteiger partial charge on any atom is -0.481 e. The molecule has 0 radical (unpaired) electrons. The molecule has 0 fully saturated rings. The molecule has 2 heterocycles. The van der Waals surface area contributed by atoms with Gasteiger partial charge < -0.3 is 10.4 Å². The van der Waals surface area contributed by atoms with Crippen LogP contribution in [0.2, 0.25) is 0 Å². The number of fused-ring (bicyclic) bond motifs is 1. The molecule has 15 heavy (non-hydrogen) atoms. The van der Waals surface area contributed by atoms with Crippen molar-refractivity contribution in [1.29, 1.82) is 0 Å². The monoisotopic (exact) mass is 208 g/mol. The number of nitrogens with one attached hydrogen (secondary N) is 1. The van der Waals surface area contributed by atoms with E-state index >= 15 is 0 Å².